The highest BCUT2D eigenvalue weighted by atomic mass is 14.6. The fraction of sp³-hybridized carbons (Fsp3) is 0.158. The Bertz CT molecular complexity index is 713. The van der Waals surface area contributed by atoms with E-state index in [2.05, 4.69) is 73.7 Å². The molecule has 1 heteroatoms. The van der Waals surface area contributed by atoms with Gasteiger partial charge in [-0.3, -0.25) is 0 Å². The third-order valence-corrected chi connectivity index (χ3v) is 3.88. The molecule has 100 valence electrons. The fourth-order valence-corrected chi connectivity index (χ4v) is 2.55. The van der Waals surface area contributed by atoms with Gasteiger partial charge in [0.15, 0.2) is 0 Å². The van der Waals surface area contributed by atoms with Crippen LogP contribution < -0.4 is 5.73 Å². The summed E-state index contributed by atoms with van der Waals surface area (Å²) in [7, 11) is 0. The summed E-state index contributed by atoms with van der Waals surface area (Å²) in [5.74, 6) is 0. The molecule has 0 spiro atoms. The van der Waals surface area contributed by atoms with E-state index in [0.717, 1.165) is 17.5 Å². The normalized spacial score (nSPS) is 12.5. The van der Waals surface area contributed by atoms with Crippen LogP contribution in [0.15, 0.2) is 66.7 Å². The monoisotopic (exact) mass is 261 g/mol. The third-order valence-electron chi connectivity index (χ3n) is 3.88. The molecule has 2 N–H and O–H groups in total. The van der Waals surface area contributed by atoms with E-state index in [4.69, 9.17) is 5.73 Å². The van der Waals surface area contributed by atoms with Gasteiger partial charge in [-0.2, -0.15) is 0 Å². The minimum absolute atomic E-state index is 0.0643. The van der Waals surface area contributed by atoms with Gasteiger partial charge in [0.2, 0.25) is 0 Å². The van der Waals surface area contributed by atoms with E-state index in [1.807, 2.05) is 0 Å². The molecule has 3 aromatic carbocycles. The van der Waals surface area contributed by atoms with Gasteiger partial charge in [-0.05, 0) is 39.9 Å². The van der Waals surface area contributed by atoms with E-state index >= 15 is 0 Å². The molecule has 0 amide bonds. The van der Waals surface area contributed by atoms with Crippen LogP contribution in [0, 0.1) is 0 Å². The zero-order valence-corrected chi connectivity index (χ0v) is 11.7. The Balaban J connectivity index is 1.96. The molecule has 0 aliphatic rings. The molecule has 0 bridgehead atoms. The van der Waals surface area contributed by atoms with Crippen molar-refractivity contribution in [3.63, 3.8) is 0 Å². The van der Waals surface area contributed by atoms with Crippen molar-refractivity contribution in [1.29, 1.82) is 0 Å². The molecule has 0 saturated carbocycles. The molecule has 3 aromatic rings. The summed E-state index contributed by atoms with van der Waals surface area (Å²) in [4.78, 5) is 0. The molecule has 0 radical (unpaired) electrons. The van der Waals surface area contributed by atoms with Gasteiger partial charge < -0.3 is 5.73 Å². The lowest BCUT2D eigenvalue weighted by Crippen LogP contribution is -2.11. The summed E-state index contributed by atoms with van der Waals surface area (Å²) in [5, 5.41) is 2.50. The fourth-order valence-electron chi connectivity index (χ4n) is 2.55. The second-order valence-corrected chi connectivity index (χ2v) is 5.18. The Morgan fingerprint density at radius 3 is 2.15 bits per heavy atom. The SMILES string of the molecule is CCc1ccc(C(N)c2ccc3ccccc3c2)cc1. The number of fused-ring (bicyclic) bond motifs is 1. The molecular formula is C19H19N. The molecule has 20 heavy (non-hydrogen) atoms. The predicted octanol–water partition coefficient (Wildman–Crippen LogP) is 4.45. The summed E-state index contributed by atoms with van der Waals surface area (Å²) >= 11 is 0. The minimum Gasteiger partial charge on any atom is -0.320 e. The number of aryl methyl sites for hydroxylation is 1. The van der Waals surface area contributed by atoms with Crippen LogP contribution in [0.3, 0.4) is 0 Å². The molecule has 0 aliphatic carbocycles. The summed E-state index contributed by atoms with van der Waals surface area (Å²) in [6, 6.07) is 23.4. The molecule has 3 rings (SSSR count). The lowest BCUT2D eigenvalue weighted by atomic mass is 9.96. The van der Waals surface area contributed by atoms with Crippen LogP contribution in [-0.2, 0) is 6.42 Å². The maximum absolute atomic E-state index is 6.40. The van der Waals surface area contributed by atoms with Crippen LogP contribution in [0.1, 0.15) is 29.7 Å². The highest BCUT2D eigenvalue weighted by Gasteiger charge is 2.09. The van der Waals surface area contributed by atoms with Gasteiger partial charge in [0, 0.05) is 0 Å². The molecule has 1 nitrogen and oxygen atoms in total. The summed E-state index contributed by atoms with van der Waals surface area (Å²) < 4.78 is 0. The van der Waals surface area contributed by atoms with Crippen LogP contribution in [0.2, 0.25) is 0 Å². The second-order valence-electron chi connectivity index (χ2n) is 5.18. The highest BCUT2D eigenvalue weighted by molar-refractivity contribution is 5.83. The molecule has 0 saturated heterocycles. The van der Waals surface area contributed by atoms with Crippen molar-refractivity contribution in [2.24, 2.45) is 5.73 Å². The Labute approximate surface area is 120 Å². The van der Waals surface area contributed by atoms with Crippen molar-refractivity contribution < 1.29 is 0 Å². The van der Waals surface area contributed by atoms with Crippen LogP contribution in [0.5, 0.6) is 0 Å². The molecule has 0 aliphatic heterocycles. The summed E-state index contributed by atoms with van der Waals surface area (Å²) in [6.07, 6.45) is 1.06. The Morgan fingerprint density at radius 2 is 1.45 bits per heavy atom. The van der Waals surface area contributed by atoms with Gasteiger partial charge in [0.25, 0.3) is 0 Å². The van der Waals surface area contributed by atoms with Gasteiger partial charge in [0.1, 0.15) is 0 Å². The van der Waals surface area contributed by atoms with Gasteiger partial charge in [-0.25, -0.2) is 0 Å². The van der Waals surface area contributed by atoms with E-state index in [-0.39, 0.29) is 6.04 Å². The smallest absolute Gasteiger partial charge is 0.0551 e. The summed E-state index contributed by atoms with van der Waals surface area (Å²) in [5.41, 5.74) is 10.1. The van der Waals surface area contributed by atoms with Crippen LogP contribution in [0.25, 0.3) is 10.8 Å². The zero-order valence-electron chi connectivity index (χ0n) is 11.7. The molecule has 0 fully saturated rings. The molecule has 1 unspecified atom stereocenters. The lowest BCUT2D eigenvalue weighted by Gasteiger charge is -2.14. The first-order valence-electron chi connectivity index (χ1n) is 7.11. The number of hydrogen-bond donors (Lipinski definition) is 1. The highest BCUT2D eigenvalue weighted by Crippen LogP contribution is 2.24. The Hall–Kier alpha value is -2.12. The number of rotatable bonds is 3. The predicted molar refractivity (Wildman–Crippen MR) is 85.8 cm³/mol. The van der Waals surface area contributed by atoms with E-state index in [1.165, 1.54) is 16.3 Å². The van der Waals surface area contributed by atoms with E-state index in [9.17, 15) is 0 Å². The maximum Gasteiger partial charge on any atom is 0.0551 e. The zero-order chi connectivity index (χ0) is 13.9. The Morgan fingerprint density at radius 1 is 0.800 bits per heavy atom. The van der Waals surface area contributed by atoms with Gasteiger partial charge in [-0.1, -0.05) is 67.6 Å². The van der Waals surface area contributed by atoms with Crippen LogP contribution >= 0.6 is 0 Å². The Kier molecular flexibility index (Phi) is 3.53. The average Bonchev–Trinajstić information content (AvgIpc) is 2.54. The van der Waals surface area contributed by atoms with Gasteiger partial charge in [-0.15, -0.1) is 0 Å². The largest absolute Gasteiger partial charge is 0.320 e. The van der Waals surface area contributed by atoms with Crippen molar-refractivity contribution in [3.8, 4) is 0 Å². The van der Waals surface area contributed by atoms with E-state index in [0.29, 0.717) is 0 Å². The number of nitrogens with two attached hydrogens (primary N) is 1. The van der Waals surface area contributed by atoms with Crippen molar-refractivity contribution in [2.45, 2.75) is 19.4 Å². The van der Waals surface area contributed by atoms with Crippen molar-refractivity contribution in [2.75, 3.05) is 0 Å². The first-order valence-corrected chi connectivity index (χ1v) is 7.11. The van der Waals surface area contributed by atoms with Crippen LogP contribution in [0.4, 0.5) is 0 Å². The average molecular weight is 261 g/mol. The van der Waals surface area contributed by atoms with Crippen molar-refractivity contribution in [3.05, 3.63) is 83.4 Å². The van der Waals surface area contributed by atoms with Crippen molar-refractivity contribution >= 4 is 10.8 Å². The maximum atomic E-state index is 6.40. The van der Waals surface area contributed by atoms with Gasteiger partial charge in [0.05, 0.1) is 6.04 Å². The van der Waals surface area contributed by atoms with E-state index in [1.54, 1.807) is 0 Å². The first-order chi connectivity index (χ1) is 9.78. The molecule has 1 atom stereocenters. The standard InChI is InChI=1S/C19H19N/c1-2-14-7-9-16(10-8-14)19(20)18-12-11-15-5-3-4-6-17(15)13-18/h3-13,19H,2,20H2,1H3. The molecular weight excluding hydrogens is 242 g/mol. The molecule has 0 heterocycles. The first kappa shape index (κ1) is 12.9. The van der Waals surface area contributed by atoms with Gasteiger partial charge >= 0.3 is 0 Å². The van der Waals surface area contributed by atoms with Crippen molar-refractivity contribution in [1.82, 2.24) is 0 Å². The third kappa shape index (κ3) is 2.45. The number of benzene rings is 3. The quantitative estimate of drug-likeness (QED) is 0.740. The topological polar surface area (TPSA) is 26.0 Å². The van der Waals surface area contributed by atoms with E-state index < -0.39 is 0 Å². The lowest BCUT2D eigenvalue weighted by molar-refractivity contribution is 0.871. The molecule has 0 aromatic heterocycles. The minimum atomic E-state index is -0.0643. The summed E-state index contributed by atoms with van der Waals surface area (Å²) in [6.45, 7) is 2.16. The second kappa shape index (κ2) is 5.48. The van der Waals surface area contributed by atoms with Crippen LogP contribution in [-0.4, -0.2) is 0 Å². The number of hydrogen-bond acceptors (Lipinski definition) is 1.